The number of benzene rings is 1. The summed E-state index contributed by atoms with van der Waals surface area (Å²) in [6, 6.07) is 3.09. The van der Waals surface area contributed by atoms with E-state index in [1.807, 2.05) is 0 Å². The third kappa shape index (κ3) is 3.09. The van der Waals surface area contributed by atoms with Crippen molar-refractivity contribution >= 4 is 15.7 Å². The Balaban J connectivity index is 2.30. The predicted octanol–water partition coefficient (Wildman–Crippen LogP) is 0.228. The lowest BCUT2D eigenvalue weighted by atomic mass is 9.93. The van der Waals surface area contributed by atoms with Gasteiger partial charge in [-0.25, -0.2) is 17.5 Å². The van der Waals surface area contributed by atoms with E-state index in [1.165, 1.54) is 0 Å². The molecule has 1 heterocycles. The van der Waals surface area contributed by atoms with Crippen molar-refractivity contribution in [1.29, 1.82) is 0 Å². The highest BCUT2D eigenvalue weighted by molar-refractivity contribution is 7.89. The number of aliphatic hydroxyl groups excluding tert-OH is 1. The first kappa shape index (κ1) is 15.2. The number of halogens is 1. The molecule has 20 heavy (non-hydrogen) atoms. The molecular weight excluding hydrogens is 287 g/mol. The van der Waals surface area contributed by atoms with Crippen molar-refractivity contribution in [2.75, 3.05) is 25.6 Å². The molecule has 0 spiro atoms. The minimum Gasteiger partial charge on any atom is -0.398 e. The van der Waals surface area contributed by atoms with Crippen LogP contribution in [0.25, 0.3) is 0 Å². The van der Waals surface area contributed by atoms with Crippen molar-refractivity contribution in [3.8, 4) is 0 Å². The van der Waals surface area contributed by atoms with Gasteiger partial charge >= 0.3 is 0 Å². The van der Waals surface area contributed by atoms with Gasteiger partial charge in [0.1, 0.15) is 10.7 Å². The van der Waals surface area contributed by atoms with Crippen molar-refractivity contribution in [2.24, 2.45) is 0 Å². The summed E-state index contributed by atoms with van der Waals surface area (Å²) in [6.45, 7) is 0.390. The Labute approximate surface area is 116 Å². The zero-order valence-electron chi connectivity index (χ0n) is 10.8. The third-order valence-electron chi connectivity index (χ3n) is 3.36. The van der Waals surface area contributed by atoms with Crippen LogP contribution in [0.1, 0.15) is 12.8 Å². The van der Waals surface area contributed by atoms with Gasteiger partial charge in [-0.15, -0.1) is 0 Å². The minimum absolute atomic E-state index is 0.169. The molecule has 8 heteroatoms. The summed E-state index contributed by atoms with van der Waals surface area (Å²) in [5, 5.41) is 9.49. The topological polar surface area (TPSA) is 102 Å². The SMILES string of the molecule is Nc1cc(F)ccc1S(=O)(=O)NC1(CO)CCOCC1. The molecule has 2 rings (SSSR count). The van der Waals surface area contributed by atoms with Gasteiger partial charge in [-0.1, -0.05) is 0 Å². The number of nitrogens with two attached hydrogens (primary N) is 1. The van der Waals surface area contributed by atoms with Crippen molar-refractivity contribution in [3.05, 3.63) is 24.0 Å². The quantitative estimate of drug-likeness (QED) is 0.691. The molecule has 1 aromatic carbocycles. The highest BCUT2D eigenvalue weighted by Gasteiger charge is 2.37. The first-order valence-electron chi connectivity index (χ1n) is 6.16. The Kier molecular flexibility index (Phi) is 4.28. The highest BCUT2D eigenvalue weighted by atomic mass is 32.2. The molecular formula is C12H17FN2O4S. The number of anilines is 1. The van der Waals surface area contributed by atoms with Gasteiger partial charge in [-0.2, -0.15) is 0 Å². The second-order valence-corrected chi connectivity index (χ2v) is 6.49. The standard InChI is InChI=1S/C12H17FN2O4S/c13-9-1-2-11(10(14)7-9)20(17,18)15-12(8-16)3-5-19-6-4-12/h1-2,7,15-16H,3-6,8,14H2. The molecule has 1 aliphatic rings. The van der Waals surface area contributed by atoms with Gasteiger partial charge in [0.15, 0.2) is 0 Å². The Bertz CT molecular complexity index is 585. The number of nitrogens with one attached hydrogen (secondary N) is 1. The van der Waals surface area contributed by atoms with Crippen molar-refractivity contribution < 1.29 is 22.7 Å². The molecule has 112 valence electrons. The maximum absolute atomic E-state index is 13.0. The van der Waals surface area contributed by atoms with E-state index < -0.39 is 21.4 Å². The average Bonchev–Trinajstić information content (AvgIpc) is 2.38. The van der Waals surface area contributed by atoms with E-state index in [-0.39, 0.29) is 17.2 Å². The Morgan fingerprint density at radius 1 is 1.40 bits per heavy atom. The monoisotopic (exact) mass is 304 g/mol. The van der Waals surface area contributed by atoms with E-state index in [0.717, 1.165) is 18.2 Å². The van der Waals surface area contributed by atoms with Gasteiger partial charge < -0.3 is 15.6 Å². The summed E-state index contributed by atoms with van der Waals surface area (Å²) < 4.78 is 45.3. The van der Waals surface area contributed by atoms with Crippen molar-refractivity contribution in [1.82, 2.24) is 4.72 Å². The first-order chi connectivity index (χ1) is 9.38. The lowest BCUT2D eigenvalue weighted by Gasteiger charge is -2.35. The van der Waals surface area contributed by atoms with Crippen LogP contribution in [-0.2, 0) is 14.8 Å². The molecule has 0 atom stereocenters. The molecule has 0 aliphatic carbocycles. The molecule has 0 radical (unpaired) electrons. The summed E-state index contributed by atoms with van der Waals surface area (Å²) in [6.07, 6.45) is 0.730. The second kappa shape index (κ2) is 5.65. The number of rotatable bonds is 4. The Morgan fingerprint density at radius 3 is 2.60 bits per heavy atom. The number of ether oxygens (including phenoxy) is 1. The summed E-state index contributed by atoms with van der Waals surface area (Å²) in [5.41, 5.74) is 4.42. The normalized spacial score (nSPS) is 18.9. The molecule has 1 aromatic rings. The van der Waals surface area contributed by atoms with E-state index in [9.17, 15) is 17.9 Å². The maximum atomic E-state index is 13.0. The van der Waals surface area contributed by atoms with Crippen molar-refractivity contribution in [3.63, 3.8) is 0 Å². The van der Waals surface area contributed by atoms with Crippen LogP contribution in [0.3, 0.4) is 0 Å². The number of hydrogen-bond donors (Lipinski definition) is 3. The van der Waals surface area contributed by atoms with Gasteiger partial charge in [0.25, 0.3) is 0 Å². The van der Waals surface area contributed by atoms with Gasteiger partial charge in [0.2, 0.25) is 10.0 Å². The Morgan fingerprint density at radius 2 is 2.05 bits per heavy atom. The summed E-state index contributed by atoms with van der Waals surface area (Å²) in [4.78, 5) is -0.196. The van der Waals surface area contributed by atoms with E-state index >= 15 is 0 Å². The van der Waals surface area contributed by atoms with E-state index in [2.05, 4.69) is 4.72 Å². The molecule has 6 nitrogen and oxygen atoms in total. The number of nitrogen functional groups attached to an aromatic ring is 1. The molecule has 1 fully saturated rings. The highest BCUT2D eigenvalue weighted by Crippen LogP contribution is 2.25. The number of sulfonamides is 1. The van der Waals surface area contributed by atoms with Crippen LogP contribution in [-0.4, -0.2) is 38.9 Å². The fraction of sp³-hybridized carbons (Fsp3) is 0.500. The largest absolute Gasteiger partial charge is 0.398 e. The van der Waals surface area contributed by atoms with Crippen LogP contribution in [0.2, 0.25) is 0 Å². The van der Waals surface area contributed by atoms with Gasteiger partial charge in [-0.05, 0) is 31.0 Å². The fourth-order valence-electron chi connectivity index (χ4n) is 2.16. The van der Waals surface area contributed by atoms with E-state index in [0.29, 0.717) is 26.1 Å². The zero-order chi connectivity index (χ0) is 14.8. The number of hydrogen-bond acceptors (Lipinski definition) is 5. The van der Waals surface area contributed by atoms with Crippen LogP contribution >= 0.6 is 0 Å². The number of aliphatic hydroxyl groups is 1. The van der Waals surface area contributed by atoms with Crippen LogP contribution in [0.5, 0.6) is 0 Å². The van der Waals surface area contributed by atoms with Gasteiger partial charge in [0.05, 0.1) is 17.8 Å². The summed E-state index contributed by atoms with van der Waals surface area (Å²) in [7, 11) is -3.94. The van der Waals surface area contributed by atoms with Crippen LogP contribution < -0.4 is 10.5 Å². The molecule has 1 aliphatic heterocycles. The van der Waals surface area contributed by atoms with Crippen molar-refractivity contribution in [2.45, 2.75) is 23.3 Å². The molecule has 0 aromatic heterocycles. The first-order valence-corrected chi connectivity index (χ1v) is 7.64. The lowest BCUT2D eigenvalue weighted by Crippen LogP contribution is -2.54. The molecule has 0 unspecified atom stereocenters. The maximum Gasteiger partial charge on any atom is 0.243 e. The van der Waals surface area contributed by atoms with Gasteiger partial charge in [-0.3, -0.25) is 0 Å². The predicted molar refractivity (Wildman–Crippen MR) is 71.0 cm³/mol. The second-order valence-electron chi connectivity index (χ2n) is 4.84. The smallest absolute Gasteiger partial charge is 0.243 e. The molecule has 0 bridgehead atoms. The molecule has 4 N–H and O–H groups in total. The van der Waals surface area contributed by atoms with E-state index in [4.69, 9.17) is 10.5 Å². The molecule has 0 saturated carbocycles. The van der Waals surface area contributed by atoms with Crippen LogP contribution in [0.15, 0.2) is 23.1 Å². The third-order valence-corrected chi connectivity index (χ3v) is 5.02. The summed E-state index contributed by atoms with van der Waals surface area (Å²) >= 11 is 0. The van der Waals surface area contributed by atoms with Gasteiger partial charge in [0, 0.05) is 13.2 Å². The van der Waals surface area contributed by atoms with E-state index in [1.54, 1.807) is 0 Å². The summed E-state index contributed by atoms with van der Waals surface area (Å²) in [5.74, 6) is -0.607. The van der Waals surface area contributed by atoms with Crippen LogP contribution in [0, 0.1) is 5.82 Å². The average molecular weight is 304 g/mol. The Hall–Kier alpha value is -1.22. The van der Waals surface area contributed by atoms with Crippen LogP contribution in [0.4, 0.5) is 10.1 Å². The fourth-order valence-corrected chi connectivity index (χ4v) is 3.72. The minimum atomic E-state index is -3.94. The molecule has 0 amide bonds. The zero-order valence-corrected chi connectivity index (χ0v) is 11.6. The lowest BCUT2D eigenvalue weighted by molar-refractivity contribution is 0.0223. The molecule has 1 saturated heterocycles.